The number of benzene rings is 2. The minimum absolute atomic E-state index is 0.192. The molecule has 1 unspecified atom stereocenters. The number of aromatic nitrogens is 2. The number of amides is 2. The zero-order chi connectivity index (χ0) is 20.1. The van der Waals surface area contributed by atoms with Gasteiger partial charge in [0, 0.05) is 12.7 Å². The van der Waals surface area contributed by atoms with Crippen LogP contribution in [0, 0.1) is 0 Å². The number of H-pyrrole nitrogens is 1. The normalized spacial score (nSPS) is 18.1. The lowest BCUT2D eigenvalue weighted by atomic mass is 9.84. The Morgan fingerprint density at radius 2 is 1.97 bits per heavy atom. The lowest BCUT2D eigenvalue weighted by Crippen LogP contribution is -2.47. The van der Waals surface area contributed by atoms with E-state index in [4.69, 9.17) is 4.74 Å². The average Bonchev–Trinajstić information content (AvgIpc) is 3.31. The topological polar surface area (TPSA) is 79.0 Å². The van der Waals surface area contributed by atoms with Gasteiger partial charge in [-0.05, 0) is 41.2 Å². The SMILES string of the molecule is CCC1(CNC(=O)NCc2ccc(-c3ccn[nH]3)cc2)OCCc2ccccc21. The maximum absolute atomic E-state index is 12.4. The molecule has 3 N–H and O–H groups in total. The van der Waals surface area contributed by atoms with E-state index in [9.17, 15) is 4.79 Å². The Labute approximate surface area is 170 Å². The Morgan fingerprint density at radius 3 is 2.72 bits per heavy atom. The van der Waals surface area contributed by atoms with E-state index in [1.807, 2.05) is 36.4 Å². The van der Waals surface area contributed by atoms with Gasteiger partial charge in [-0.3, -0.25) is 5.10 Å². The fourth-order valence-electron chi connectivity index (χ4n) is 3.87. The number of ether oxygens (including phenoxy) is 1. The molecule has 3 aromatic rings. The lowest BCUT2D eigenvalue weighted by molar-refractivity contribution is -0.0601. The number of carbonyl (C=O) groups excluding carboxylic acids is 1. The van der Waals surface area contributed by atoms with Crippen molar-refractivity contribution in [2.45, 2.75) is 31.9 Å². The molecule has 0 bridgehead atoms. The van der Waals surface area contributed by atoms with Crippen molar-refractivity contribution in [3.8, 4) is 11.3 Å². The van der Waals surface area contributed by atoms with Crippen LogP contribution in [0.2, 0.25) is 0 Å². The Balaban J connectivity index is 1.33. The predicted molar refractivity (Wildman–Crippen MR) is 112 cm³/mol. The molecule has 29 heavy (non-hydrogen) atoms. The van der Waals surface area contributed by atoms with Crippen LogP contribution >= 0.6 is 0 Å². The van der Waals surface area contributed by atoms with Crippen molar-refractivity contribution >= 4 is 6.03 Å². The summed E-state index contributed by atoms with van der Waals surface area (Å²) >= 11 is 0. The van der Waals surface area contributed by atoms with Crippen LogP contribution in [0.3, 0.4) is 0 Å². The number of carbonyl (C=O) groups is 1. The van der Waals surface area contributed by atoms with Crippen LogP contribution < -0.4 is 10.6 Å². The smallest absolute Gasteiger partial charge is 0.315 e. The molecular weight excluding hydrogens is 364 g/mol. The Bertz CT molecular complexity index is 953. The maximum atomic E-state index is 12.4. The number of hydrogen-bond acceptors (Lipinski definition) is 3. The molecule has 1 aliphatic heterocycles. The van der Waals surface area contributed by atoms with E-state index in [0.717, 1.165) is 29.7 Å². The van der Waals surface area contributed by atoms with Crippen molar-refractivity contribution in [2.24, 2.45) is 0 Å². The van der Waals surface area contributed by atoms with E-state index >= 15 is 0 Å². The first-order valence-corrected chi connectivity index (χ1v) is 10.0. The molecule has 1 aromatic heterocycles. The van der Waals surface area contributed by atoms with Gasteiger partial charge in [0.2, 0.25) is 0 Å². The van der Waals surface area contributed by atoms with Gasteiger partial charge < -0.3 is 15.4 Å². The number of urea groups is 1. The Hall–Kier alpha value is -3.12. The summed E-state index contributed by atoms with van der Waals surface area (Å²) in [7, 11) is 0. The second-order valence-electron chi connectivity index (χ2n) is 7.31. The number of hydrogen-bond donors (Lipinski definition) is 3. The molecule has 0 spiro atoms. The molecule has 2 aromatic carbocycles. The third-order valence-corrected chi connectivity index (χ3v) is 5.58. The van der Waals surface area contributed by atoms with Gasteiger partial charge in [-0.2, -0.15) is 5.10 Å². The third-order valence-electron chi connectivity index (χ3n) is 5.58. The molecule has 0 saturated heterocycles. The van der Waals surface area contributed by atoms with Crippen molar-refractivity contribution < 1.29 is 9.53 Å². The van der Waals surface area contributed by atoms with Crippen LogP contribution in [0.1, 0.15) is 30.0 Å². The van der Waals surface area contributed by atoms with Crippen LogP contribution in [-0.2, 0) is 23.3 Å². The molecule has 1 atom stereocenters. The van der Waals surface area contributed by atoms with Gasteiger partial charge in [0.25, 0.3) is 0 Å². The lowest BCUT2D eigenvalue weighted by Gasteiger charge is -2.38. The Morgan fingerprint density at radius 1 is 1.14 bits per heavy atom. The second kappa shape index (κ2) is 8.49. The molecule has 0 aliphatic carbocycles. The molecule has 0 radical (unpaired) electrons. The van der Waals surface area contributed by atoms with E-state index < -0.39 is 5.60 Å². The number of rotatable bonds is 6. The first-order chi connectivity index (χ1) is 14.2. The minimum atomic E-state index is -0.460. The van der Waals surface area contributed by atoms with Crippen molar-refractivity contribution in [1.82, 2.24) is 20.8 Å². The van der Waals surface area contributed by atoms with E-state index in [-0.39, 0.29) is 6.03 Å². The predicted octanol–water partition coefficient (Wildman–Crippen LogP) is 3.75. The third kappa shape index (κ3) is 4.17. The number of fused-ring (bicyclic) bond motifs is 1. The molecule has 6 heteroatoms. The second-order valence-corrected chi connectivity index (χ2v) is 7.31. The molecule has 0 fully saturated rings. The van der Waals surface area contributed by atoms with Gasteiger partial charge in [0.05, 0.1) is 18.8 Å². The van der Waals surface area contributed by atoms with E-state index in [2.05, 4.69) is 46.0 Å². The van der Waals surface area contributed by atoms with Crippen molar-refractivity contribution in [2.75, 3.05) is 13.2 Å². The fourth-order valence-corrected chi connectivity index (χ4v) is 3.87. The first-order valence-electron chi connectivity index (χ1n) is 10.0. The minimum Gasteiger partial charge on any atom is -0.368 e. The quantitative estimate of drug-likeness (QED) is 0.600. The number of nitrogens with zero attached hydrogens (tertiary/aromatic N) is 1. The van der Waals surface area contributed by atoms with Gasteiger partial charge in [-0.25, -0.2) is 4.79 Å². The summed E-state index contributed by atoms with van der Waals surface area (Å²) in [5, 5.41) is 12.8. The van der Waals surface area contributed by atoms with E-state index in [1.165, 1.54) is 11.1 Å². The standard InChI is InChI=1S/C23H26N4O2/c1-2-23(20-6-4-3-5-18(20)12-14-29-23)16-25-22(28)24-15-17-7-9-19(10-8-17)21-11-13-26-27-21/h3-11,13H,2,12,14-16H2,1H3,(H,26,27)(H2,24,25,28). The van der Waals surface area contributed by atoms with Crippen LogP contribution in [0.25, 0.3) is 11.3 Å². The van der Waals surface area contributed by atoms with Gasteiger partial charge in [0.15, 0.2) is 0 Å². The van der Waals surface area contributed by atoms with Gasteiger partial charge in [-0.15, -0.1) is 0 Å². The molecule has 2 heterocycles. The molecule has 2 amide bonds. The molecule has 150 valence electrons. The Kier molecular flexibility index (Phi) is 5.62. The number of nitrogens with one attached hydrogen (secondary N) is 3. The fraction of sp³-hybridized carbons (Fsp3) is 0.304. The zero-order valence-corrected chi connectivity index (χ0v) is 16.6. The van der Waals surface area contributed by atoms with Gasteiger partial charge >= 0.3 is 6.03 Å². The van der Waals surface area contributed by atoms with Gasteiger partial charge in [0.1, 0.15) is 5.60 Å². The van der Waals surface area contributed by atoms with Crippen LogP contribution in [-0.4, -0.2) is 29.4 Å². The molecular formula is C23H26N4O2. The molecule has 1 aliphatic rings. The van der Waals surface area contributed by atoms with Crippen molar-refractivity contribution in [1.29, 1.82) is 0 Å². The summed E-state index contributed by atoms with van der Waals surface area (Å²) in [4.78, 5) is 12.4. The molecule has 0 saturated carbocycles. The summed E-state index contributed by atoms with van der Waals surface area (Å²) in [6.07, 6.45) is 3.45. The zero-order valence-electron chi connectivity index (χ0n) is 16.6. The first kappa shape index (κ1) is 19.2. The van der Waals surface area contributed by atoms with Crippen LogP contribution in [0.5, 0.6) is 0 Å². The number of aromatic amines is 1. The largest absolute Gasteiger partial charge is 0.368 e. The average molecular weight is 390 g/mol. The van der Waals surface area contributed by atoms with E-state index in [0.29, 0.717) is 19.7 Å². The summed E-state index contributed by atoms with van der Waals surface area (Å²) in [5.41, 5.74) is 5.10. The molecule has 4 rings (SSSR count). The summed E-state index contributed by atoms with van der Waals surface area (Å²) in [6.45, 7) is 3.69. The summed E-state index contributed by atoms with van der Waals surface area (Å²) in [6, 6.07) is 18.1. The van der Waals surface area contributed by atoms with E-state index in [1.54, 1.807) is 6.20 Å². The monoisotopic (exact) mass is 390 g/mol. The summed E-state index contributed by atoms with van der Waals surface area (Å²) < 4.78 is 6.15. The van der Waals surface area contributed by atoms with Crippen LogP contribution in [0.4, 0.5) is 4.79 Å². The van der Waals surface area contributed by atoms with Crippen molar-refractivity contribution in [3.63, 3.8) is 0 Å². The highest BCUT2D eigenvalue weighted by Crippen LogP contribution is 2.35. The highest BCUT2D eigenvalue weighted by molar-refractivity contribution is 5.74. The van der Waals surface area contributed by atoms with Gasteiger partial charge in [-0.1, -0.05) is 55.5 Å². The summed E-state index contributed by atoms with van der Waals surface area (Å²) in [5.74, 6) is 0. The maximum Gasteiger partial charge on any atom is 0.315 e. The molecule has 6 nitrogen and oxygen atoms in total. The highest BCUT2D eigenvalue weighted by Gasteiger charge is 2.36. The van der Waals surface area contributed by atoms with Crippen LogP contribution in [0.15, 0.2) is 60.8 Å². The highest BCUT2D eigenvalue weighted by atomic mass is 16.5. The van der Waals surface area contributed by atoms with Crippen molar-refractivity contribution in [3.05, 3.63) is 77.5 Å².